The number of likely N-dealkylation sites (tertiary alicyclic amines) is 1. The van der Waals surface area contributed by atoms with Crippen molar-refractivity contribution in [1.82, 2.24) is 4.90 Å². The zero-order valence-corrected chi connectivity index (χ0v) is 11.6. The van der Waals surface area contributed by atoms with Gasteiger partial charge < -0.3 is 15.6 Å². The fourth-order valence-corrected chi connectivity index (χ4v) is 2.70. The average molecular weight is 264 g/mol. The number of phenolic OH excluding ortho intramolecular Hbond substituents is 1. The molecule has 1 aliphatic heterocycles. The lowest BCUT2D eigenvalue weighted by Crippen LogP contribution is -2.43. The van der Waals surface area contributed by atoms with E-state index in [1.54, 1.807) is 6.07 Å². The van der Waals surface area contributed by atoms with Crippen molar-refractivity contribution in [3.8, 4) is 11.5 Å². The van der Waals surface area contributed by atoms with Gasteiger partial charge in [0.1, 0.15) is 0 Å². The van der Waals surface area contributed by atoms with Gasteiger partial charge in [-0.3, -0.25) is 4.90 Å². The third-order valence-electron chi connectivity index (χ3n) is 3.73. The second-order valence-corrected chi connectivity index (χ2v) is 5.09. The Morgan fingerprint density at radius 3 is 3.00 bits per heavy atom. The van der Waals surface area contributed by atoms with Crippen LogP contribution in [0.15, 0.2) is 18.2 Å². The van der Waals surface area contributed by atoms with Crippen LogP contribution in [0.25, 0.3) is 0 Å². The van der Waals surface area contributed by atoms with Crippen molar-refractivity contribution < 1.29 is 9.84 Å². The number of nitrogens with zero attached hydrogens (tertiary/aromatic N) is 1. The van der Waals surface area contributed by atoms with Crippen LogP contribution in [-0.2, 0) is 6.54 Å². The molecule has 0 spiro atoms. The maximum absolute atomic E-state index is 9.71. The van der Waals surface area contributed by atoms with E-state index in [0.29, 0.717) is 18.4 Å². The smallest absolute Gasteiger partial charge is 0.161 e. The normalized spacial score (nSPS) is 20.4. The van der Waals surface area contributed by atoms with Crippen molar-refractivity contribution in [3.63, 3.8) is 0 Å². The Balaban J connectivity index is 2.07. The van der Waals surface area contributed by atoms with Crippen LogP contribution in [0.1, 0.15) is 31.7 Å². The minimum absolute atomic E-state index is 0.208. The van der Waals surface area contributed by atoms with Crippen LogP contribution < -0.4 is 10.5 Å². The SMILES string of the molecule is CCOc1cc(CN2CCCCC2CN)ccc1O. The number of phenols is 1. The van der Waals surface area contributed by atoms with Crippen LogP contribution in [0.4, 0.5) is 0 Å². The minimum Gasteiger partial charge on any atom is -0.504 e. The molecule has 0 saturated carbocycles. The molecule has 1 aliphatic rings. The minimum atomic E-state index is 0.208. The highest BCUT2D eigenvalue weighted by Crippen LogP contribution is 2.28. The van der Waals surface area contributed by atoms with Crippen molar-refractivity contribution in [1.29, 1.82) is 0 Å². The number of piperidine rings is 1. The summed E-state index contributed by atoms with van der Waals surface area (Å²) in [5, 5.41) is 9.71. The van der Waals surface area contributed by atoms with Gasteiger partial charge in [-0.2, -0.15) is 0 Å². The lowest BCUT2D eigenvalue weighted by molar-refractivity contribution is 0.144. The van der Waals surface area contributed by atoms with E-state index in [0.717, 1.165) is 19.6 Å². The number of benzene rings is 1. The van der Waals surface area contributed by atoms with Gasteiger partial charge in [-0.05, 0) is 44.0 Å². The molecule has 0 aromatic heterocycles. The molecule has 0 aliphatic carbocycles. The second-order valence-electron chi connectivity index (χ2n) is 5.09. The highest BCUT2D eigenvalue weighted by atomic mass is 16.5. The maximum Gasteiger partial charge on any atom is 0.161 e. The molecule has 1 heterocycles. The zero-order valence-electron chi connectivity index (χ0n) is 11.6. The van der Waals surface area contributed by atoms with Crippen LogP contribution >= 0.6 is 0 Å². The molecule has 3 N–H and O–H groups in total. The maximum atomic E-state index is 9.71. The first-order valence-corrected chi connectivity index (χ1v) is 7.13. The Hall–Kier alpha value is -1.26. The number of ether oxygens (including phenoxy) is 1. The van der Waals surface area contributed by atoms with E-state index in [4.69, 9.17) is 10.5 Å². The highest BCUT2D eigenvalue weighted by molar-refractivity contribution is 5.41. The van der Waals surface area contributed by atoms with E-state index >= 15 is 0 Å². The summed E-state index contributed by atoms with van der Waals surface area (Å²) in [6.45, 7) is 5.18. The van der Waals surface area contributed by atoms with Crippen LogP contribution in [0, 0.1) is 0 Å². The first kappa shape index (κ1) is 14.2. The summed E-state index contributed by atoms with van der Waals surface area (Å²) in [5.41, 5.74) is 7.01. The van der Waals surface area contributed by atoms with Gasteiger partial charge >= 0.3 is 0 Å². The molecule has 4 nitrogen and oxygen atoms in total. The zero-order chi connectivity index (χ0) is 13.7. The Morgan fingerprint density at radius 1 is 1.42 bits per heavy atom. The van der Waals surface area contributed by atoms with Gasteiger partial charge in [0.2, 0.25) is 0 Å². The first-order valence-electron chi connectivity index (χ1n) is 7.13. The molecule has 19 heavy (non-hydrogen) atoms. The Labute approximate surface area is 115 Å². The molecule has 4 heteroatoms. The highest BCUT2D eigenvalue weighted by Gasteiger charge is 2.21. The molecule has 0 amide bonds. The molecule has 0 radical (unpaired) electrons. The van der Waals surface area contributed by atoms with Crippen molar-refractivity contribution in [2.24, 2.45) is 5.73 Å². The molecule has 2 rings (SSSR count). The number of rotatable bonds is 5. The fourth-order valence-electron chi connectivity index (χ4n) is 2.70. The van der Waals surface area contributed by atoms with Crippen molar-refractivity contribution in [2.75, 3.05) is 19.7 Å². The van der Waals surface area contributed by atoms with Gasteiger partial charge in [0.25, 0.3) is 0 Å². The van der Waals surface area contributed by atoms with Gasteiger partial charge in [-0.1, -0.05) is 12.5 Å². The molecule has 1 aromatic carbocycles. The van der Waals surface area contributed by atoms with Gasteiger partial charge in [0.15, 0.2) is 11.5 Å². The monoisotopic (exact) mass is 264 g/mol. The third kappa shape index (κ3) is 3.61. The second kappa shape index (κ2) is 6.78. The Kier molecular flexibility index (Phi) is 5.05. The van der Waals surface area contributed by atoms with Crippen LogP contribution in [0.5, 0.6) is 11.5 Å². The summed E-state index contributed by atoms with van der Waals surface area (Å²) < 4.78 is 5.43. The molecule has 1 atom stereocenters. The third-order valence-corrected chi connectivity index (χ3v) is 3.73. The lowest BCUT2D eigenvalue weighted by atomic mass is 10.0. The molecule has 1 fully saturated rings. The summed E-state index contributed by atoms with van der Waals surface area (Å²) in [6, 6.07) is 6.08. The molecule has 1 aromatic rings. The van der Waals surface area contributed by atoms with E-state index in [-0.39, 0.29) is 5.75 Å². The predicted molar refractivity (Wildman–Crippen MR) is 76.4 cm³/mol. The standard InChI is InChI=1S/C15H24N2O2/c1-2-19-15-9-12(6-7-14(15)18)11-17-8-4-3-5-13(17)10-16/h6-7,9,13,18H,2-5,8,10-11,16H2,1H3. The van der Waals surface area contributed by atoms with E-state index in [9.17, 15) is 5.11 Å². The van der Waals surface area contributed by atoms with Gasteiger partial charge in [-0.15, -0.1) is 0 Å². The van der Waals surface area contributed by atoms with Crippen molar-refractivity contribution in [3.05, 3.63) is 23.8 Å². The van der Waals surface area contributed by atoms with Gasteiger partial charge in [0.05, 0.1) is 6.61 Å². The number of hydrogen-bond acceptors (Lipinski definition) is 4. The summed E-state index contributed by atoms with van der Waals surface area (Å²) in [7, 11) is 0. The topological polar surface area (TPSA) is 58.7 Å². The summed E-state index contributed by atoms with van der Waals surface area (Å²) >= 11 is 0. The number of nitrogens with two attached hydrogens (primary N) is 1. The largest absolute Gasteiger partial charge is 0.504 e. The summed E-state index contributed by atoms with van der Waals surface area (Å²) in [5.74, 6) is 0.779. The Bertz CT molecular complexity index is 409. The average Bonchev–Trinajstić information content (AvgIpc) is 2.43. The van der Waals surface area contributed by atoms with Crippen LogP contribution in [0.2, 0.25) is 0 Å². The molecular formula is C15H24N2O2. The first-order chi connectivity index (χ1) is 9.24. The van der Waals surface area contributed by atoms with E-state index in [1.807, 2.05) is 19.1 Å². The van der Waals surface area contributed by atoms with Crippen LogP contribution in [0.3, 0.4) is 0 Å². The summed E-state index contributed by atoms with van der Waals surface area (Å²) in [6.07, 6.45) is 3.71. The molecule has 1 saturated heterocycles. The number of aromatic hydroxyl groups is 1. The number of hydrogen-bond donors (Lipinski definition) is 2. The van der Waals surface area contributed by atoms with E-state index < -0.39 is 0 Å². The van der Waals surface area contributed by atoms with E-state index in [1.165, 1.54) is 24.8 Å². The van der Waals surface area contributed by atoms with Crippen molar-refractivity contribution >= 4 is 0 Å². The molecule has 1 unspecified atom stereocenters. The van der Waals surface area contributed by atoms with Gasteiger partial charge in [-0.25, -0.2) is 0 Å². The van der Waals surface area contributed by atoms with Crippen LogP contribution in [-0.4, -0.2) is 35.7 Å². The Morgan fingerprint density at radius 2 is 2.26 bits per heavy atom. The molecule has 106 valence electrons. The van der Waals surface area contributed by atoms with Crippen molar-refractivity contribution in [2.45, 2.75) is 38.8 Å². The fraction of sp³-hybridized carbons (Fsp3) is 0.600. The lowest BCUT2D eigenvalue weighted by Gasteiger charge is -2.35. The molecule has 0 bridgehead atoms. The molecular weight excluding hydrogens is 240 g/mol. The quantitative estimate of drug-likeness (QED) is 0.855. The van der Waals surface area contributed by atoms with E-state index in [2.05, 4.69) is 4.90 Å². The predicted octanol–water partition coefficient (Wildman–Crippen LogP) is 2.10. The summed E-state index contributed by atoms with van der Waals surface area (Å²) in [4.78, 5) is 2.44. The van der Waals surface area contributed by atoms with Gasteiger partial charge in [0, 0.05) is 19.1 Å².